The molecular weight excluding hydrogens is 2840 g/mol. The van der Waals surface area contributed by atoms with Crippen molar-refractivity contribution in [2.24, 2.45) is 0 Å². The Bertz CT molecular complexity index is 5470. The van der Waals surface area contributed by atoms with Crippen LogP contribution in [0.3, 0.4) is 0 Å². The van der Waals surface area contributed by atoms with Gasteiger partial charge in [-0.15, -0.1) is 156 Å². The van der Waals surface area contributed by atoms with Gasteiger partial charge in [-0.25, -0.2) is 14.9 Å². The Balaban J connectivity index is 0. The number of carbonyl (C=O) groups excluding carboxylic acids is 1. The number of methoxy groups -OCH3 is 1. The third-order valence-electron chi connectivity index (χ3n) is 16.3. The van der Waals surface area contributed by atoms with Gasteiger partial charge in [0.1, 0.15) is 5.69 Å². The van der Waals surface area contributed by atoms with Gasteiger partial charge < -0.3 is 68.7 Å². The first-order valence-corrected chi connectivity index (χ1v) is 39.7. The van der Waals surface area contributed by atoms with E-state index in [9.17, 15) is 39.9 Å². The van der Waals surface area contributed by atoms with Gasteiger partial charge in [0.05, 0.1) is 7.11 Å². The molecule has 0 saturated carbocycles. The number of carboxylic acids is 1. The van der Waals surface area contributed by atoms with Crippen LogP contribution in [-0.4, -0.2) is 91.5 Å². The molecular formula is C103H82ClF8Ir6N10O4P2-6. The van der Waals surface area contributed by atoms with Crippen LogP contribution >= 0.6 is 18.5 Å². The quantitative estimate of drug-likeness (QED) is 0.0525. The molecule has 31 heteroatoms. The van der Waals surface area contributed by atoms with E-state index in [1.54, 1.807) is 74.4 Å². The van der Waals surface area contributed by atoms with E-state index in [0.29, 0.717) is 23.5 Å². The van der Waals surface area contributed by atoms with Crippen LogP contribution in [0.15, 0.2) is 383 Å². The van der Waals surface area contributed by atoms with Gasteiger partial charge in [-0.2, -0.15) is 18.3 Å². The first kappa shape index (κ1) is 125. The molecule has 1 N–H and O–H groups in total. The number of aromatic carboxylic acids is 1. The van der Waals surface area contributed by atoms with Crippen molar-refractivity contribution >= 4 is 36.9 Å². The van der Waals surface area contributed by atoms with Crippen LogP contribution in [0.2, 0.25) is 0 Å². The van der Waals surface area contributed by atoms with E-state index in [2.05, 4.69) is 199 Å². The first-order valence-electron chi connectivity index (χ1n) is 38.1. The molecule has 7 heterocycles. The van der Waals surface area contributed by atoms with Crippen molar-refractivity contribution < 1.29 is 188 Å². The van der Waals surface area contributed by atoms with Gasteiger partial charge in [-0.1, -0.05) is 223 Å². The number of halogens is 9. The number of ether oxygens (including phenoxy) is 1. The first-order chi connectivity index (χ1) is 61.8. The number of nitrogens with zero attached hydrogens (tertiary/aromatic N) is 10. The topological polar surface area (TPSA) is 194 Å². The number of hydrogen-bond donors (Lipinski definition) is 1. The molecule has 14 nitrogen and oxygen atoms in total. The average molecular weight is 2930 g/mol. The zero-order valence-electron chi connectivity index (χ0n) is 71.1. The van der Waals surface area contributed by atoms with E-state index in [1.807, 2.05) is 171 Å². The fourth-order valence-corrected chi connectivity index (χ4v) is 10.3. The summed E-state index contributed by atoms with van der Waals surface area (Å²) in [6.07, 6.45) is 9.12. The molecule has 0 aliphatic carbocycles. The maximum atomic E-state index is 13.5. The average Bonchev–Trinajstić information content (AvgIpc) is 0.840. The SMILES string of the molecule is CN(C)c1ccnc(-c2[c-]cc(F)cc2F)c1.COc1c[c-]c(-c2ccccn2)cc1.Fc1c[c-]c(-c2cccnn2)c(F)c1.Fc1cc(C(F)(F)F)c[c-]c1-c1ccccn1.O=C(O)c1ccccn1.PCCP.[C-]#N.[CH-]=O.[Cl-].[Ir+3].[Ir].[Ir].[Ir].[Ir].[Ir].[c-]1ccccc1-c1ccccn1.[c-]1ccccc1-c1ccccn1.c1ccc(-c2ccccc2)cc1.c1ccc(-c2ccccc2)cc1. The minimum absolute atomic E-state index is 0. The second kappa shape index (κ2) is 73.3. The van der Waals surface area contributed by atoms with Gasteiger partial charge in [-0.05, 0) is 117 Å². The molecule has 0 bridgehead atoms. The molecule has 2 atom stereocenters. The van der Waals surface area contributed by atoms with E-state index in [0.717, 1.165) is 69.5 Å². The van der Waals surface area contributed by atoms with Crippen molar-refractivity contribution in [3.63, 3.8) is 0 Å². The molecule has 0 aliphatic rings. The summed E-state index contributed by atoms with van der Waals surface area (Å²) in [5, 5.41) is 21.9. The maximum Gasteiger partial charge on any atom is 3.00 e. The van der Waals surface area contributed by atoms with Crippen LogP contribution in [0, 0.1) is 77.3 Å². The van der Waals surface area contributed by atoms with Gasteiger partial charge >= 0.3 is 32.3 Å². The fraction of sp³-hybridized carbons (Fsp3) is 0.0583. The van der Waals surface area contributed by atoms with E-state index in [-0.39, 0.29) is 161 Å². The number of aromatic nitrogens is 8. The molecule has 5 radical (unpaired) electrons. The van der Waals surface area contributed by atoms with Crippen molar-refractivity contribution in [1.29, 1.82) is 5.26 Å². The zero-order chi connectivity index (χ0) is 91.7. The third kappa shape index (κ3) is 46.7. The number of carboxylic acid groups (broad SMARTS) is 1. The van der Waals surface area contributed by atoms with Crippen LogP contribution in [0.5, 0.6) is 5.75 Å². The summed E-state index contributed by atoms with van der Waals surface area (Å²) < 4.78 is 108. The van der Waals surface area contributed by atoms with Crippen molar-refractivity contribution in [1.82, 2.24) is 40.1 Å². The van der Waals surface area contributed by atoms with Gasteiger partial charge in [0.2, 0.25) is 0 Å². The Morgan fingerprint density at radius 1 is 0.403 bits per heavy atom. The van der Waals surface area contributed by atoms with Crippen LogP contribution in [0.1, 0.15) is 16.1 Å². The maximum absolute atomic E-state index is 13.5. The molecule has 0 fully saturated rings. The van der Waals surface area contributed by atoms with Crippen LogP contribution in [0.25, 0.3) is 89.8 Å². The minimum atomic E-state index is -4.57. The predicted molar refractivity (Wildman–Crippen MR) is 490 cm³/mol. The van der Waals surface area contributed by atoms with Crippen LogP contribution in [0.4, 0.5) is 40.8 Å². The number of rotatable bonds is 12. The molecule has 701 valence electrons. The molecule has 17 aromatic rings. The summed E-state index contributed by atoms with van der Waals surface area (Å²) in [7, 11) is 10.7. The predicted octanol–water partition coefficient (Wildman–Crippen LogP) is 21.5. The summed E-state index contributed by atoms with van der Waals surface area (Å²) in [6.45, 7) is 8.00. The number of alkyl halides is 3. The van der Waals surface area contributed by atoms with Gasteiger partial charge in [-0.3, -0.25) is 28.7 Å². The van der Waals surface area contributed by atoms with Crippen molar-refractivity contribution in [3.8, 4) is 95.5 Å². The summed E-state index contributed by atoms with van der Waals surface area (Å²) in [6, 6.07) is 118. The molecule has 0 saturated heterocycles. The van der Waals surface area contributed by atoms with Gasteiger partial charge in [0.25, 0.3) is 0 Å². The standard InChI is InChI=1S/C13H11F2N2.C12H6F4N.C12H10NO.2C12H10.2C11H8N.C10H5F2N2.C6H5NO2.C2H8P2.CN.CHO.ClH.6Ir/c1-17(2)10-5-6-16-13(8-10)11-4-3-9(14)7-12(11)15;13-10-7-8(12(14,15)16)4-5-9(10)11-3-1-2-6-17-11;1-14-11-7-5-10(6-8-11)12-4-2-3-9-13-12;2*1-3-7-11(8-4-1)12-9-5-2-6-10-12;2*1-2-6-10(7-3-1)11-8-4-5-9-12-11;11-7-3-4-8(9(12)6-7)10-2-1-5-13-14-10;8-6(9)5-3-1-2-4-7-5;3-1-2-4;2*1-2;;;;;;;/h3,5-8H,1-2H3;1-4,6-7H;2-5,7-9H,1H3;2*1-10H;2*1-6,8-9H;1-3,5-6H;1-4H,(H,8,9);1-4H2;;1H;1H;;;;;;/q3*-1;;;3*-1;;;2*-1;;;;;;;+3/p-1. The molecule has 10 aromatic carbocycles. The van der Waals surface area contributed by atoms with Gasteiger partial charge in [0.15, 0.2) is 0 Å². The number of pyridine rings is 6. The summed E-state index contributed by atoms with van der Waals surface area (Å²) in [4.78, 5) is 43.9. The number of anilines is 1. The number of carbonyl (C=O) groups is 1. The molecule has 2 unspecified atom stereocenters. The van der Waals surface area contributed by atoms with E-state index >= 15 is 0 Å². The van der Waals surface area contributed by atoms with E-state index < -0.39 is 46.8 Å². The minimum Gasteiger partial charge on any atom is -1.00 e. The van der Waals surface area contributed by atoms with Crippen molar-refractivity contribution in [2.45, 2.75) is 6.18 Å². The fourth-order valence-electron chi connectivity index (χ4n) is 10.3. The number of benzene rings is 10. The Hall–Kier alpha value is -11.1. The second-order valence-corrected chi connectivity index (χ2v) is 26.4. The van der Waals surface area contributed by atoms with Crippen molar-refractivity contribution in [2.75, 3.05) is 38.4 Å². The molecule has 0 amide bonds. The molecule has 7 aromatic heterocycles. The number of hydrogen-bond acceptors (Lipinski definition) is 13. The smallest absolute Gasteiger partial charge is 1.00 e. The zero-order valence-corrected chi connectivity index (χ0v) is 88.5. The largest absolute Gasteiger partial charge is 3.00 e. The summed E-state index contributed by atoms with van der Waals surface area (Å²) in [5.41, 5.74) is 12.2. The van der Waals surface area contributed by atoms with E-state index in [1.165, 1.54) is 65.3 Å². The Morgan fingerprint density at radius 2 is 0.754 bits per heavy atom. The normalized spacial score (nSPS) is 9.19. The second-order valence-electron chi connectivity index (χ2n) is 25.2. The van der Waals surface area contributed by atoms with Crippen LogP contribution < -0.4 is 22.0 Å². The summed E-state index contributed by atoms with van der Waals surface area (Å²) in [5.74, 6) is -3.82. The Morgan fingerprint density at radius 3 is 1.06 bits per heavy atom. The monoisotopic (exact) mass is 2930 g/mol. The Labute approximate surface area is 868 Å². The molecule has 17 rings (SSSR count). The van der Waals surface area contributed by atoms with Crippen molar-refractivity contribution in [3.05, 3.63) is 466 Å². The Kier molecular flexibility index (Phi) is 68.3. The molecule has 0 aliphatic heterocycles. The molecule has 134 heavy (non-hydrogen) atoms. The van der Waals surface area contributed by atoms with E-state index in [4.69, 9.17) is 26.5 Å². The van der Waals surface area contributed by atoms with Gasteiger partial charge in [0, 0.05) is 204 Å². The third-order valence-corrected chi connectivity index (χ3v) is 17.6. The summed E-state index contributed by atoms with van der Waals surface area (Å²) >= 11 is 0. The van der Waals surface area contributed by atoms with Crippen LogP contribution in [-0.2, 0) is 132 Å². The molecule has 0 spiro atoms.